The van der Waals surface area contributed by atoms with Gasteiger partial charge in [-0.05, 0) is 34.6 Å². The van der Waals surface area contributed by atoms with Crippen molar-refractivity contribution in [2.45, 2.75) is 77.2 Å². The molecule has 1 unspecified atom stereocenters. The van der Waals surface area contributed by atoms with E-state index in [2.05, 4.69) is 15.2 Å². The maximum absolute atomic E-state index is 14.2. The van der Waals surface area contributed by atoms with E-state index in [1.807, 2.05) is 13.8 Å². The Hall–Kier alpha value is -1.85. The summed E-state index contributed by atoms with van der Waals surface area (Å²) in [7, 11) is 0. The smallest absolute Gasteiger partial charge is 0.413 e. The maximum atomic E-state index is 14.2. The van der Waals surface area contributed by atoms with Crippen LogP contribution in [0.15, 0.2) is 6.20 Å². The van der Waals surface area contributed by atoms with Gasteiger partial charge in [0, 0.05) is 38.7 Å². The molecule has 0 radical (unpaired) electrons. The van der Waals surface area contributed by atoms with Crippen molar-refractivity contribution in [3.05, 3.63) is 11.1 Å². The van der Waals surface area contributed by atoms with Crippen molar-refractivity contribution < 1.29 is 27.8 Å². The average molecular weight is 475 g/mol. The highest BCUT2D eigenvalue weighted by atomic mass is 32.1. The van der Waals surface area contributed by atoms with Crippen LogP contribution in [0.2, 0.25) is 0 Å². The number of anilines is 1. The number of nitrogens with one attached hydrogen (secondary N) is 1. The van der Waals surface area contributed by atoms with Crippen molar-refractivity contribution >= 4 is 28.5 Å². The van der Waals surface area contributed by atoms with Crippen LogP contribution in [0.1, 0.15) is 58.4 Å². The predicted molar refractivity (Wildman–Crippen MR) is 117 cm³/mol. The number of likely N-dealkylation sites (tertiary alicyclic amines) is 1. The number of aromatic nitrogens is 1. The summed E-state index contributed by atoms with van der Waals surface area (Å²) < 4.78 is 39.5. The molecule has 2 amide bonds. The first-order valence-electron chi connectivity index (χ1n) is 10.8. The van der Waals surface area contributed by atoms with E-state index in [1.54, 1.807) is 20.8 Å². The largest absolute Gasteiger partial charge is 0.444 e. The number of alkyl halides is 2. The summed E-state index contributed by atoms with van der Waals surface area (Å²) in [6.45, 7) is 10.2. The fourth-order valence-electron chi connectivity index (χ4n) is 4.04. The van der Waals surface area contributed by atoms with Crippen molar-refractivity contribution in [2.75, 3.05) is 31.5 Å². The van der Waals surface area contributed by atoms with Crippen LogP contribution in [-0.4, -0.2) is 76.7 Å². The van der Waals surface area contributed by atoms with Gasteiger partial charge < -0.3 is 14.4 Å². The molecule has 2 saturated heterocycles. The summed E-state index contributed by atoms with van der Waals surface area (Å²) >= 11 is 1.16. The molecule has 2 aliphatic heterocycles. The van der Waals surface area contributed by atoms with Gasteiger partial charge in [-0.25, -0.2) is 18.6 Å². The zero-order chi connectivity index (χ0) is 23.7. The van der Waals surface area contributed by atoms with Gasteiger partial charge in [-0.3, -0.25) is 15.0 Å². The number of carbonyl (C=O) groups excluding carboxylic acids is 2. The molecule has 1 aromatic rings. The number of piperidine rings is 1. The normalized spacial score (nSPS) is 25.5. The molecule has 1 N–H and O–H groups in total. The van der Waals surface area contributed by atoms with Crippen molar-refractivity contribution in [3.8, 4) is 0 Å². The molecule has 0 saturated carbocycles. The molecule has 8 nitrogen and oxygen atoms in total. The van der Waals surface area contributed by atoms with E-state index >= 15 is 0 Å². The Morgan fingerprint density at radius 3 is 2.66 bits per heavy atom. The molecule has 2 fully saturated rings. The number of halogens is 2. The van der Waals surface area contributed by atoms with Crippen LogP contribution in [0.3, 0.4) is 0 Å². The van der Waals surface area contributed by atoms with Crippen molar-refractivity contribution in [1.82, 2.24) is 14.8 Å². The molecule has 0 spiro atoms. The van der Waals surface area contributed by atoms with Crippen LogP contribution in [0, 0.1) is 0 Å². The highest BCUT2D eigenvalue weighted by molar-refractivity contribution is 7.15. The topological polar surface area (TPSA) is 84.0 Å². The van der Waals surface area contributed by atoms with E-state index in [0.29, 0.717) is 29.6 Å². The van der Waals surface area contributed by atoms with Crippen LogP contribution in [0.25, 0.3) is 0 Å². The van der Waals surface area contributed by atoms with Crippen LogP contribution in [0.4, 0.5) is 18.7 Å². The van der Waals surface area contributed by atoms with Gasteiger partial charge in [-0.2, -0.15) is 0 Å². The number of hydrogen-bond acceptors (Lipinski definition) is 7. The first kappa shape index (κ1) is 24.8. The first-order chi connectivity index (χ1) is 14.8. The van der Waals surface area contributed by atoms with Crippen LogP contribution < -0.4 is 5.32 Å². The van der Waals surface area contributed by atoms with Gasteiger partial charge in [0.2, 0.25) is 5.91 Å². The van der Waals surface area contributed by atoms with E-state index in [0.717, 1.165) is 11.3 Å². The quantitative estimate of drug-likeness (QED) is 0.697. The Morgan fingerprint density at radius 2 is 2.03 bits per heavy atom. The second-order valence-electron chi connectivity index (χ2n) is 9.56. The third-order valence-corrected chi connectivity index (χ3v) is 6.20. The summed E-state index contributed by atoms with van der Waals surface area (Å²) in [6, 6.07) is -0.599. The Bertz CT molecular complexity index is 819. The van der Waals surface area contributed by atoms with Gasteiger partial charge in [-0.1, -0.05) is 11.3 Å². The van der Waals surface area contributed by atoms with Gasteiger partial charge in [0.05, 0.1) is 29.7 Å². The van der Waals surface area contributed by atoms with E-state index in [-0.39, 0.29) is 24.5 Å². The van der Waals surface area contributed by atoms with Crippen LogP contribution >= 0.6 is 11.3 Å². The Labute approximate surface area is 191 Å². The molecule has 1 aromatic heterocycles. The van der Waals surface area contributed by atoms with E-state index < -0.39 is 36.6 Å². The van der Waals surface area contributed by atoms with Crippen molar-refractivity contribution in [3.63, 3.8) is 0 Å². The second-order valence-corrected chi connectivity index (χ2v) is 10.6. The van der Waals surface area contributed by atoms with Crippen LogP contribution in [0.5, 0.6) is 0 Å². The van der Waals surface area contributed by atoms with E-state index in [9.17, 15) is 18.4 Å². The predicted octanol–water partition coefficient (Wildman–Crippen LogP) is 3.90. The monoisotopic (exact) mass is 474 g/mol. The number of ether oxygens (including phenoxy) is 2. The zero-order valence-electron chi connectivity index (χ0n) is 19.2. The third-order valence-electron chi connectivity index (χ3n) is 5.19. The Morgan fingerprint density at radius 1 is 1.38 bits per heavy atom. The summed E-state index contributed by atoms with van der Waals surface area (Å²) in [5, 5.41) is 2.87. The number of morpholine rings is 1. The Kier molecular flexibility index (Phi) is 7.41. The zero-order valence-corrected chi connectivity index (χ0v) is 20.0. The third kappa shape index (κ3) is 6.82. The number of amides is 2. The lowest BCUT2D eigenvalue weighted by Gasteiger charge is -2.42. The summed E-state index contributed by atoms with van der Waals surface area (Å²) in [5.74, 6) is -3.23. The molecule has 0 aliphatic carbocycles. The molecular formula is C21H32F2N4O4S. The molecule has 32 heavy (non-hydrogen) atoms. The minimum Gasteiger partial charge on any atom is -0.444 e. The fraction of sp³-hybridized carbons (Fsp3) is 0.762. The first-order valence-corrected chi connectivity index (χ1v) is 11.6. The summed E-state index contributed by atoms with van der Waals surface area (Å²) in [5.41, 5.74) is -0.664. The molecule has 3 atom stereocenters. The van der Waals surface area contributed by atoms with Gasteiger partial charge in [0.1, 0.15) is 5.60 Å². The van der Waals surface area contributed by atoms with Crippen molar-refractivity contribution in [1.29, 1.82) is 0 Å². The standard InChI is InChI=1S/C21H32F2N4O4S/c1-13-9-26(10-14(2)30-13)11-15(27-12-21(22,23)7-6-17(27)28)16-8-24-18(32-16)25-19(29)31-20(3,4)5/h8,13-15H,6-7,9-12H2,1-5H3,(H,24,25,29)/t13-,14-,15?/m1/s1. The second kappa shape index (κ2) is 9.56. The molecule has 0 aromatic carbocycles. The molecule has 0 bridgehead atoms. The Balaban J connectivity index is 1.82. The summed E-state index contributed by atoms with van der Waals surface area (Å²) in [4.78, 5) is 33.0. The van der Waals surface area contributed by atoms with Gasteiger partial charge >= 0.3 is 6.09 Å². The SMILES string of the molecule is C[C@@H]1CN(CC(c2cnc(NC(=O)OC(C)(C)C)s2)N2CC(F)(F)CCC2=O)C[C@@H](C)O1. The van der Waals surface area contributed by atoms with E-state index in [1.165, 1.54) is 11.1 Å². The van der Waals surface area contributed by atoms with E-state index in [4.69, 9.17) is 9.47 Å². The molecule has 11 heteroatoms. The molecule has 2 aliphatic rings. The highest BCUT2D eigenvalue weighted by Gasteiger charge is 2.43. The lowest BCUT2D eigenvalue weighted by molar-refractivity contribution is -0.153. The fourth-order valence-corrected chi connectivity index (χ4v) is 4.95. The molecule has 3 heterocycles. The molecule has 180 valence electrons. The number of hydrogen-bond donors (Lipinski definition) is 1. The number of rotatable bonds is 5. The minimum absolute atomic E-state index is 0.00348. The lowest BCUT2D eigenvalue weighted by Crippen LogP contribution is -2.53. The average Bonchev–Trinajstić information content (AvgIpc) is 3.07. The van der Waals surface area contributed by atoms with Crippen LogP contribution in [-0.2, 0) is 14.3 Å². The van der Waals surface area contributed by atoms with Gasteiger partial charge in [0.15, 0.2) is 5.13 Å². The van der Waals surface area contributed by atoms with Gasteiger partial charge in [-0.15, -0.1) is 0 Å². The number of carbonyl (C=O) groups is 2. The van der Waals surface area contributed by atoms with Crippen molar-refractivity contribution in [2.24, 2.45) is 0 Å². The molecular weight excluding hydrogens is 442 g/mol. The summed E-state index contributed by atoms with van der Waals surface area (Å²) in [6.07, 6.45) is 0.268. The number of thiazole rings is 1. The lowest BCUT2D eigenvalue weighted by atomic mass is 10.0. The highest BCUT2D eigenvalue weighted by Crippen LogP contribution is 2.36. The van der Waals surface area contributed by atoms with Gasteiger partial charge in [0.25, 0.3) is 5.92 Å². The number of nitrogens with zero attached hydrogens (tertiary/aromatic N) is 3. The minimum atomic E-state index is -2.93. The maximum Gasteiger partial charge on any atom is 0.413 e. The molecule has 3 rings (SSSR count).